The molecule has 94 valence electrons. The van der Waals surface area contributed by atoms with Gasteiger partial charge in [-0.05, 0) is 12.1 Å². The molecule has 0 saturated carbocycles. The molecule has 0 radical (unpaired) electrons. The van der Waals surface area contributed by atoms with Crippen molar-refractivity contribution in [1.29, 1.82) is 0 Å². The van der Waals surface area contributed by atoms with E-state index >= 15 is 0 Å². The Hall–Kier alpha value is -1.73. The topological polar surface area (TPSA) is 70.9 Å². The Morgan fingerprint density at radius 1 is 1.56 bits per heavy atom. The molecule has 4 nitrogen and oxygen atoms in total. The predicted octanol–water partition coefficient (Wildman–Crippen LogP) is 1.82. The third-order valence-corrected chi connectivity index (χ3v) is 3.22. The van der Waals surface area contributed by atoms with Crippen LogP contribution in [0, 0.1) is 5.82 Å². The minimum atomic E-state index is -0.466. The molecule has 1 heterocycles. The summed E-state index contributed by atoms with van der Waals surface area (Å²) in [6, 6.07) is 4.55. The highest BCUT2D eigenvalue weighted by Crippen LogP contribution is 2.19. The van der Waals surface area contributed by atoms with E-state index in [0.29, 0.717) is 12.2 Å². The number of aromatic amines is 1. The second-order valence-corrected chi connectivity index (χ2v) is 4.84. The van der Waals surface area contributed by atoms with Gasteiger partial charge in [0.15, 0.2) is 0 Å². The quantitative estimate of drug-likeness (QED) is 0.749. The van der Waals surface area contributed by atoms with Gasteiger partial charge in [-0.25, -0.2) is 4.39 Å². The number of aromatic nitrogens is 1. The van der Waals surface area contributed by atoms with Gasteiger partial charge in [-0.2, -0.15) is 0 Å². The van der Waals surface area contributed by atoms with Crippen molar-refractivity contribution >= 4 is 34.2 Å². The summed E-state index contributed by atoms with van der Waals surface area (Å²) >= 11 is 5.89. The van der Waals surface area contributed by atoms with E-state index in [4.69, 9.17) is 18.0 Å². The fourth-order valence-electron chi connectivity index (χ4n) is 1.51. The number of anilines is 1. The lowest BCUT2D eigenvalue weighted by Crippen LogP contribution is -2.15. The van der Waals surface area contributed by atoms with Gasteiger partial charge in [0.1, 0.15) is 10.8 Å². The molecule has 7 heteroatoms. The molecule has 0 unspecified atom stereocenters. The summed E-state index contributed by atoms with van der Waals surface area (Å²) in [6.07, 6.45) is 0. The lowest BCUT2D eigenvalue weighted by Gasteiger charge is -2.10. The highest BCUT2D eigenvalue weighted by atomic mass is 32.1. The van der Waals surface area contributed by atoms with Crippen LogP contribution in [0.4, 0.5) is 10.1 Å². The van der Waals surface area contributed by atoms with E-state index in [1.54, 1.807) is 17.5 Å². The monoisotopic (exact) mass is 283 g/mol. The van der Waals surface area contributed by atoms with Crippen LogP contribution in [0.1, 0.15) is 11.3 Å². The number of nitrogens with two attached hydrogens (primary N) is 1. The molecular formula is C11H10FN3OS2. The van der Waals surface area contributed by atoms with Crippen molar-refractivity contribution < 1.29 is 4.39 Å². The maximum absolute atomic E-state index is 13.6. The molecule has 0 fully saturated rings. The van der Waals surface area contributed by atoms with Gasteiger partial charge in [-0.1, -0.05) is 29.6 Å². The summed E-state index contributed by atoms with van der Waals surface area (Å²) in [5, 5.41) is 4.70. The molecule has 0 aliphatic rings. The first kappa shape index (κ1) is 12.7. The van der Waals surface area contributed by atoms with Crippen molar-refractivity contribution in [3.8, 4) is 0 Å². The summed E-state index contributed by atoms with van der Waals surface area (Å²) in [7, 11) is 0. The molecule has 1 aromatic carbocycles. The van der Waals surface area contributed by atoms with Gasteiger partial charge in [0.2, 0.25) is 0 Å². The molecule has 2 aromatic rings. The number of thiazole rings is 1. The highest BCUT2D eigenvalue weighted by molar-refractivity contribution is 7.80. The maximum Gasteiger partial charge on any atom is 0.304 e. The first-order valence-electron chi connectivity index (χ1n) is 5.07. The zero-order chi connectivity index (χ0) is 13.1. The molecule has 0 saturated heterocycles. The largest absolute Gasteiger partial charge is 0.389 e. The van der Waals surface area contributed by atoms with Crippen molar-refractivity contribution in [2.75, 3.05) is 5.32 Å². The number of nitrogens with one attached hydrogen (secondary N) is 2. The maximum atomic E-state index is 13.6. The Morgan fingerprint density at radius 2 is 2.33 bits per heavy atom. The van der Waals surface area contributed by atoms with E-state index in [9.17, 15) is 9.18 Å². The average molecular weight is 283 g/mol. The number of rotatable bonds is 4. The summed E-state index contributed by atoms with van der Waals surface area (Å²) in [5.74, 6) is -0.466. The summed E-state index contributed by atoms with van der Waals surface area (Å²) < 4.78 is 13.6. The molecule has 4 N–H and O–H groups in total. The van der Waals surface area contributed by atoms with E-state index < -0.39 is 5.82 Å². The summed E-state index contributed by atoms with van der Waals surface area (Å²) in [6.45, 7) is 0.373. The SMILES string of the molecule is NC(=S)c1c(F)cccc1NCc1csc(=O)[nH]1. The van der Waals surface area contributed by atoms with Crippen LogP contribution in [0.25, 0.3) is 0 Å². The zero-order valence-electron chi connectivity index (χ0n) is 9.20. The van der Waals surface area contributed by atoms with Crippen LogP contribution in [-0.2, 0) is 6.54 Å². The molecule has 0 amide bonds. The van der Waals surface area contributed by atoms with Crippen LogP contribution in [0.15, 0.2) is 28.4 Å². The van der Waals surface area contributed by atoms with Crippen LogP contribution in [0.5, 0.6) is 0 Å². The van der Waals surface area contributed by atoms with Crippen molar-refractivity contribution in [1.82, 2.24) is 4.98 Å². The van der Waals surface area contributed by atoms with E-state index in [-0.39, 0.29) is 15.4 Å². The van der Waals surface area contributed by atoms with Gasteiger partial charge in [0, 0.05) is 16.8 Å². The van der Waals surface area contributed by atoms with Gasteiger partial charge >= 0.3 is 4.87 Å². The van der Waals surface area contributed by atoms with Crippen LogP contribution in [0.2, 0.25) is 0 Å². The minimum Gasteiger partial charge on any atom is -0.389 e. The van der Waals surface area contributed by atoms with E-state index in [1.165, 1.54) is 6.07 Å². The van der Waals surface area contributed by atoms with Crippen molar-refractivity contribution in [2.24, 2.45) is 5.73 Å². The van der Waals surface area contributed by atoms with E-state index in [1.807, 2.05) is 0 Å². The number of H-pyrrole nitrogens is 1. The standard InChI is InChI=1S/C11H10FN3OS2/c12-7-2-1-3-8(9(7)10(13)17)14-4-6-5-18-11(16)15-6/h1-3,5,14H,4H2,(H2,13,17)(H,15,16). The fourth-order valence-corrected chi connectivity index (χ4v) is 2.30. The number of hydrogen-bond acceptors (Lipinski definition) is 4. The van der Waals surface area contributed by atoms with Gasteiger partial charge < -0.3 is 16.0 Å². The fraction of sp³-hybridized carbons (Fsp3) is 0.0909. The van der Waals surface area contributed by atoms with Crippen LogP contribution in [0.3, 0.4) is 0 Å². The average Bonchev–Trinajstić information content (AvgIpc) is 2.72. The highest BCUT2D eigenvalue weighted by Gasteiger charge is 2.10. The molecule has 0 bridgehead atoms. The molecule has 18 heavy (non-hydrogen) atoms. The lowest BCUT2D eigenvalue weighted by atomic mass is 10.1. The first-order chi connectivity index (χ1) is 8.58. The predicted molar refractivity (Wildman–Crippen MR) is 74.6 cm³/mol. The lowest BCUT2D eigenvalue weighted by molar-refractivity contribution is 0.626. The zero-order valence-corrected chi connectivity index (χ0v) is 10.8. The van der Waals surface area contributed by atoms with Crippen LogP contribution in [-0.4, -0.2) is 9.97 Å². The van der Waals surface area contributed by atoms with Crippen molar-refractivity contribution in [2.45, 2.75) is 6.54 Å². The summed E-state index contributed by atoms with van der Waals surface area (Å²) in [4.78, 5) is 13.5. The van der Waals surface area contributed by atoms with Crippen molar-refractivity contribution in [3.63, 3.8) is 0 Å². The van der Waals surface area contributed by atoms with E-state index in [0.717, 1.165) is 17.0 Å². The molecule has 1 aromatic heterocycles. The number of halogens is 1. The number of benzene rings is 1. The third-order valence-electron chi connectivity index (χ3n) is 2.30. The second kappa shape index (κ2) is 5.28. The smallest absolute Gasteiger partial charge is 0.304 e. The van der Waals surface area contributed by atoms with Gasteiger partial charge in [0.25, 0.3) is 0 Å². The number of hydrogen-bond donors (Lipinski definition) is 3. The second-order valence-electron chi connectivity index (χ2n) is 3.55. The minimum absolute atomic E-state index is 0.00517. The van der Waals surface area contributed by atoms with Gasteiger partial charge in [0.05, 0.1) is 12.1 Å². The number of thiocarbonyl (C=S) groups is 1. The Balaban J connectivity index is 2.21. The Bertz CT molecular complexity index is 635. The molecule has 0 aliphatic heterocycles. The molecular weight excluding hydrogens is 273 g/mol. The third kappa shape index (κ3) is 2.74. The molecule has 0 atom stereocenters. The van der Waals surface area contributed by atoms with Crippen LogP contribution < -0.4 is 15.9 Å². The van der Waals surface area contributed by atoms with Gasteiger partial charge in [-0.3, -0.25) is 4.79 Å². The van der Waals surface area contributed by atoms with Gasteiger partial charge in [-0.15, -0.1) is 0 Å². The normalized spacial score (nSPS) is 10.3. The molecule has 0 spiro atoms. The van der Waals surface area contributed by atoms with Crippen LogP contribution >= 0.6 is 23.6 Å². The molecule has 2 rings (SSSR count). The summed E-state index contributed by atoms with van der Waals surface area (Å²) in [5.41, 5.74) is 6.90. The Labute approximate surface area is 112 Å². The first-order valence-corrected chi connectivity index (χ1v) is 6.35. The Morgan fingerprint density at radius 3 is 2.94 bits per heavy atom. The molecule has 0 aliphatic carbocycles. The Kier molecular flexibility index (Phi) is 3.73. The van der Waals surface area contributed by atoms with Crippen molar-refractivity contribution in [3.05, 3.63) is 50.3 Å². The van der Waals surface area contributed by atoms with E-state index in [2.05, 4.69) is 10.3 Å².